The van der Waals surface area contributed by atoms with Crippen LogP contribution in [0.3, 0.4) is 0 Å². The van der Waals surface area contributed by atoms with Crippen molar-refractivity contribution in [1.82, 2.24) is 14.8 Å². The minimum Gasteiger partial charge on any atom is -0.475 e. The number of aromatic nitrogens is 1. The first-order valence-corrected chi connectivity index (χ1v) is 11.2. The van der Waals surface area contributed by atoms with Crippen LogP contribution in [-0.2, 0) is 27.5 Å². The minimum absolute atomic E-state index is 0.270. The van der Waals surface area contributed by atoms with Crippen molar-refractivity contribution in [3.05, 3.63) is 65.5 Å². The molecule has 38 heavy (non-hydrogen) atoms. The fourth-order valence-electron chi connectivity index (χ4n) is 4.09. The number of hydrogen-bond donors (Lipinski definition) is 2. The van der Waals surface area contributed by atoms with Crippen LogP contribution in [0, 0.1) is 6.92 Å². The van der Waals surface area contributed by atoms with Gasteiger partial charge < -0.3 is 15.1 Å². The predicted octanol–water partition coefficient (Wildman–Crippen LogP) is 4.03. The maximum Gasteiger partial charge on any atom is 0.490 e. The smallest absolute Gasteiger partial charge is 0.475 e. The molecule has 2 fully saturated rings. The molecule has 3 heterocycles. The number of pyridine rings is 1. The third-order valence-electron chi connectivity index (χ3n) is 5.72. The van der Waals surface area contributed by atoms with Gasteiger partial charge in [0, 0.05) is 37.3 Å². The van der Waals surface area contributed by atoms with Gasteiger partial charge in [0.1, 0.15) is 0 Å². The number of amides is 1. The van der Waals surface area contributed by atoms with Crippen LogP contribution in [0.5, 0.6) is 0 Å². The molecule has 208 valence electrons. The number of rotatable bonds is 4. The summed E-state index contributed by atoms with van der Waals surface area (Å²) in [6.45, 7) is 4.64. The average Bonchev–Trinajstić information content (AvgIpc) is 3.33. The van der Waals surface area contributed by atoms with E-state index >= 15 is 0 Å². The van der Waals surface area contributed by atoms with Crippen molar-refractivity contribution in [1.29, 1.82) is 0 Å². The van der Waals surface area contributed by atoms with E-state index in [1.165, 1.54) is 5.56 Å². The van der Waals surface area contributed by atoms with Crippen LogP contribution in [0.1, 0.15) is 29.8 Å². The first-order chi connectivity index (χ1) is 17.6. The molecular formula is C24H25F6N3O5. The lowest BCUT2D eigenvalue weighted by Crippen LogP contribution is -2.36. The summed E-state index contributed by atoms with van der Waals surface area (Å²) in [5, 5.41) is 14.2. The number of hydrogen-bond acceptors (Lipinski definition) is 5. The molecule has 2 aliphatic heterocycles. The van der Waals surface area contributed by atoms with Gasteiger partial charge in [-0.1, -0.05) is 36.4 Å². The van der Waals surface area contributed by atoms with Crippen LogP contribution in [0.25, 0.3) is 0 Å². The van der Waals surface area contributed by atoms with Crippen molar-refractivity contribution < 1.29 is 50.9 Å². The summed E-state index contributed by atoms with van der Waals surface area (Å²) < 4.78 is 63.5. The van der Waals surface area contributed by atoms with Gasteiger partial charge in [0.25, 0.3) is 0 Å². The quantitative estimate of drug-likeness (QED) is 0.554. The van der Waals surface area contributed by atoms with Crippen LogP contribution in [0.15, 0.2) is 48.5 Å². The van der Waals surface area contributed by atoms with Crippen LogP contribution < -0.4 is 0 Å². The summed E-state index contributed by atoms with van der Waals surface area (Å²) >= 11 is 0. The monoisotopic (exact) mass is 549 g/mol. The third-order valence-corrected chi connectivity index (χ3v) is 5.72. The van der Waals surface area contributed by atoms with Crippen molar-refractivity contribution in [3.63, 3.8) is 0 Å². The molecule has 0 radical (unpaired) electrons. The maximum absolute atomic E-state index is 12.5. The number of benzene rings is 1. The van der Waals surface area contributed by atoms with Crippen molar-refractivity contribution in [2.45, 2.75) is 57.3 Å². The number of aliphatic carboxylic acids is 2. The summed E-state index contributed by atoms with van der Waals surface area (Å²) in [5.74, 6) is -5.24. The standard InChI is InChI=1S/C20H23N3O.2C2HF3O2/c1-15-6-5-9-17(21-15)14-23-18-10-11-22(19(18)12-20(23)24)13-16-7-3-2-4-8-16;2*3-2(4,5)1(6)7/h2-9,18-19H,10-14H2,1H3;2*(H,6,7)/t18-,19-;;/m0../s1. The molecule has 2 atom stereocenters. The van der Waals surface area contributed by atoms with Crippen LogP contribution in [0.2, 0.25) is 0 Å². The number of aryl methyl sites for hydroxylation is 1. The van der Waals surface area contributed by atoms with Crippen molar-refractivity contribution in [2.75, 3.05) is 6.54 Å². The molecule has 2 N–H and O–H groups in total. The average molecular weight is 549 g/mol. The highest BCUT2D eigenvalue weighted by Crippen LogP contribution is 2.34. The largest absolute Gasteiger partial charge is 0.490 e. The fourth-order valence-corrected chi connectivity index (χ4v) is 4.09. The number of carbonyl (C=O) groups is 3. The van der Waals surface area contributed by atoms with E-state index in [2.05, 4.69) is 39.0 Å². The lowest BCUT2D eigenvalue weighted by Gasteiger charge is -2.25. The molecule has 4 rings (SSSR count). The molecule has 1 aromatic carbocycles. The van der Waals surface area contributed by atoms with E-state index in [0.717, 1.165) is 30.9 Å². The van der Waals surface area contributed by atoms with Crippen LogP contribution in [-0.4, -0.2) is 73.8 Å². The first kappa shape index (κ1) is 30.5. The van der Waals surface area contributed by atoms with Gasteiger partial charge in [-0.25, -0.2) is 9.59 Å². The lowest BCUT2D eigenvalue weighted by molar-refractivity contribution is -0.193. The molecule has 2 aromatic rings. The van der Waals surface area contributed by atoms with Gasteiger partial charge in [-0.3, -0.25) is 14.7 Å². The predicted molar refractivity (Wildman–Crippen MR) is 121 cm³/mol. The van der Waals surface area contributed by atoms with Crippen LogP contribution in [0.4, 0.5) is 26.3 Å². The van der Waals surface area contributed by atoms with Gasteiger partial charge >= 0.3 is 24.3 Å². The molecule has 2 saturated heterocycles. The Labute approximate surface area is 213 Å². The third kappa shape index (κ3) is 9.01. The molecular weight excluding hydrogens is 524 g/mol. The molecule has 8 nitrogen and oxygen atoms in total. The van der Waals surface area contributed by atoms with Crippen molar-refractivity contribution >= 4 is 17.8 Å². The Hall–Kier alpha value is -3.68. The first-order valence-electron chi connectivity index (χ1n) is 11.2. The number of carbonyl (C=O) groups excluding carboxylic acids is 1. The minimum atomic E-state index is -5.08. The molecule has 0 bridgehead atoms. The van der Waals surface area contributed by atoms with Gasteiger partial charge in [-0.15, -0.1) is 0 Å². The van der Waals surface area contributed by atoms with E-state index < -0.39 is 24.3 Å². The summed E-state index contributed by atoms with van der Waals surface area (Å²) in [6.07, 6.45) is -8.46. The second-order valence-electron chi connectivity index (χ2n) is 8.48. The van der Waals surface area contributed by atoms with Crippen molar-refractivity contribution in [2.24, 2.45) is 0 Å². The Morgan fingerprint density at radius 3 is 1.95 bits per heavy atom. The van der Waals surface area contributed by atoms with Crippen LogP contribution >= 0.6 is 0 Å². The highest BCUT2D eigenvalue weighted by atomic mass is 19.4. The number of alkyl halides is 6. The van der Waals surface area contributed by atoms with E-state index in [-0.39, 0.29) is 5.91 Å². The van der Waals surface area contributed by atoms with Gasteiger partial charge in [-0.2, -0.15) is 26.3 Å². The number of halogens is 6. The van der Waals surface area contributed by atoms with E-state index in [1.807, 2.05) is 31.2 Å². The molecule has 1 amide bonds. The molecule has 0 spiro atoms. The number of carboxylic acid groups (broad SMARTS) is 2. The second-order valence-corrected chi connectivity index (χ2v) is 8.48. The van der Waals surface area contributed by atoms with Gasteiger partial charge in [0.15, 0.2) is 0 Å². The number of fused-ring (bicyclic) bond motifs is 1. The van der Waals surface area contributed by atoms with E-state index in [4.69, 9.17) is 19.8 Å². The zero-order valence-corrected chi connectivity index (χ0v) is 20.0. The Morgan fingerprint density at radius 2 is 1.45 bits per heavy atom. The summed E-state index contributed by atoms with van der Waals surface area (Å²) in [5.41, 5.74) is 3.32. The molecule has 2 aliphatic rings. The second kappa shape index (κ2) is 12.7. The highest BCUT2D eigenvalue weighted by molar-refractivity contribution is 5.80. The molecule has 0 saturated carbocycles. The van der Waals surface area contributed by atoms with Gasteiger partial charge in [-0.05, 0) is 31.0 Å². The summed E-state index contributed by atoms with van der Waals surface area (Å²) in [7, 11) is 0. The van der Waals surface area contributed by atoms with Gasteiger partial charge in [0.05, 0.1) is 12.2 Å². The zero-order valence-electron chi connectivity index (χ0n) is 20.0. The number of carboxylic acids is 2. The summed E-state index contributed by atoms with van der Waals surface area (Å²) in [6, 6.07) is 17.3. The normalized spacial score (nSPS) is 19.1. The maximum atomic E-state index is 12.5. The molecule has 0 unspecified atom stereocenters. The molecule has 1 aromatic heterocycles. The van der Waals surface area contributed by atoms with E-state index in [1.54, 1.807) is 0 Å². The number of likely N-dealkylation sites (tertiary alicyclic amines) is 2. The fraction of sp³-hybridized carbons (Fsp3) is 0.417. The van der Waals surface area contributed by atoms with Crippen molar-refractivity contribution in [3.8, 4) is 0 Å². The van der Waals surface area contributed by atoms with Gasteiger partial charge in [0.2, 0.25) is 5.91 Å². The topological polar surface area (TPSA) is 111 Å². The Balaban J connectivity index is 0.000000301. The van der Waals surface area contributed by atoms with E-state index in [9.17, 15) is 31.1 Å². The highest BCUT2D eigenvalue weighted by Gasteiger charge is 2.46. The summed E-state index contributed by atoms with van der Waals surface area (Å²) in [4.78, 5) is 39.4. The zero-order chi connectivity index (χ0) is 28.7. The lowest BCUT2D eigenvalue weighted by atomic mass is 10.1. The molecule has 0 aliphatic carbocycles. The molecule has 14 heteroatoms. The SMILES string of the molecule is Cc1cccc(CN2C(=O)C[C@H]3[C@@H]2CCN3Cc2ccccc2)n1.O=C(O)C(F)(F)F.O=C(O)C(F)(F)F. The Morgan fingerprint density at radius 1 is 0.895 bits per heavy atom. The Kier molecular flexibility index (Phi) is 10.2. The Bertz CT molecular complexity index is 1090. The van der Waals surface area contributed by atoms with E-state index in [0.29, 0.717) is 25.0 Å². The number of nitrogens with zero attached hydrogens (tertiary/aromatic N) is 3.